The normalized spacial score (nSPS) is 21.6. The standard InChI is InChI=1S/C18H27N3O5S2/c1-3-26-18(23)20-11-9-19(10-12-20)17(22)15-5-4-8-21(13-15)28(24,25)16-7-6-14(2)27-16/h6-7,15H,3-5,8-13H2,1-2H3/t15-/m1/s1. The summed E-state index contributed by atoms with van der Waals surface area (Å²) in [6.07, 6.45) is 1.01. The summed E-state index contributed by atoms with van der Waals surface area (Å²) in [5.74, 6) is -0.357. The van der Waals surface area contributed by atoms with Crippen molar-refractivity contribution in [2.75, 3.05) is 45.9 Å². The van der Waals surface area contributed by atoms with Gasteiger partial charge in [0, 0.05) is 44.1 Å². The van der Waals surface area contributed by atoms with Crippen molar-refractivity contribution in [2.24, 2.45) is 5.92 Å². The number of thiophene rings is 1. The number of aryl methyl sites for hydroxylation is 1. The molecular formula is C18H27N3O5S2. The molecule has 0 unspecified atom stereocenters. The highest BCUT2D eigenvalue weighted by Gasteiger charge is 2.36. The van der Waals surface area contributed by atoms with Crippen molar-refractivity contribution in [1.29, 1.82) is 0 Å². The van der Waals surface area contributed by atoms with Gasteiger partial charge in [-0.3, -0.25) is 4.79 Å². The summed E-state index contributed by atoms with van der Waals surface area (Å²) in [5.41, 5.74) is 0. The van der Waals surface area contributed by atoms with E-state index in [0.717, 1.165) is 4.88 Å². The predicted molar refractivity (Wildman–Crippen MR) is 106 cm³/mol. The summed E-state index contributed by atoms with van der Waals surface area (Å²) in [6, 6.07) is 3.43. The number of sulfonamides is 1. The van der Waals surface area contributed by atoms with Gasteiger partial charge >= 0.3 is 6.09 Å². The van der Waals surface area contributed by atoms with Crippen molar-refractivity contribution in [3.8, 4) is 0 Å². The molecular weight excluding hydrogens is 402 g/mol. The molecule has 156 valence electrons. The van der Waals surface area contributed by atoms with Crippen LogP contribution in [0.2, 0.25) is 0 Å². The molecule has 0 radical (unpaired) electrons. The number of hydrogen-bond acceptors (Lipinski definition) is 6. The van der Waals surface area contributed by atoms with Gasteiger partial charge in [0.2, 0.25) is 5.91 Å². The summed E-state index contributed by atoms with van der Waals surface area (Å²) >= 11 is 1.26. The highest BCUT2D eigenvalue weighted by molar-refractivity contribution is 7.91. The smallest absolute Gasteiger partial charge is 0.409 e. The lowest BCUT2D eigenvalue weighted by Crippen LogP contribution is -2.54. The molecule has 0 bridgehead atoms. The second-order valence-corrected chi connectivity index (χ2v) is 10.5. The summed E-state index contributed by atoms with van der Waals surface area (Å²) in [6.45, 7) is 6.40. The van der Waals surface area contributed by atoms with Crippen LogP contribution >= 0.6 is 11.3 Å². The molecule has 2 aliphatic heterocycles. The largest absolute Gasteiger partial charge is 0.450 e. The summed E-state index contributed by atoms with van der Waals surface area (Å²) < 4.78 is 32.5. The van der Waals surface area contributed by atoms with E-state index in [-0.39, 0.29) is 24.5 Å². The minimum absolute atomic E-state index is 0.0224. The Morgan fingerprint density at radius 2 is 1.82 bits per heavy atom. The second-order valence-electron chi connectivity index (χ2n) is 7.08. The van der Waals surface area contributed by atoms with Crippen LogP contribution in [0.5, 0.6) is 0 Å². The molecule has 0 spiro atoms. The van der Waals surface area contributed by atoms with Crippen LogP contribution in [0, 0.1) is 12.8 Å². The van der Waals surface area contributed by atoms with E-state index in [1.807, 2.05) is 6.92 Å². The van der Waals surface area contributed by atoms with Gasteiger partial charge in [-0.2, -0.15) is 4.31 Å². The van der Waals surface area contributed by atoms with E-state index in [4.69, 9.17) is 4.74 Å². The zero-order chi connectivity index (χ0) is 20.3. The molecule has 1 atom stereocenters. The minimum atomic E-state index is -3.55. The molecule has 1 aromatic heterocycles. The third-order valence-corrected chi connectivity index (χ3v) is 8.49. The van der Waals surface area contributed by atoms with E-state index in [1.54, 1.807) is 28.9 Å². The lowest BCUT2D eigenvalue weighted by atomic mass is 9.98. The molecule has 8 nitrogen and oxygen atoms in total. The average Bonchev–Trinajstić information content (AvgIpc) is 3.15. The number of amides is 2. The third kappa shape index (κ3) is 4.49. The zero-order valence-electron chi connectivity index (χ0n) is 16.3. The molecule has 0 aromatic carbocycles. The van der Waals surface area contributed by atoms with Gasteiger partial charge in [0.05, 0.1) is 12.5 Å². The van der Waals surface area contributed by atoms with Gasteiger partial charge in [-0.1, -0.05) is 0 Å². The Hall–Kier alpha value is -1.65. The summed E-state index contributed by atoms with van der Waals surface area (Å²) in [7, 11) is -3.55. The SMILES string of the molecule is CCOC(=O)N1CCN(C(=O)[C@@H]2CCCN(S(=O)(=O)c3ccc(C)s3)C2)CC1. The van der Waals surface area contributed by atoms with E-state index in [2.05, 4.69) is 0 Å². The fourth-order valence-corrected chi connectivity index (χ4v) is 6.58. The first-order valence-corrected chi connectivity index (χ1v) is 11.9. The molecule has 2 aliphatic rings. The lowest BCUT2D eigenvalue weighted by molar-refractivity contribution is -0.138. The van der Waals surface area contributed by atoms with E-state index in [9.17, 15) is 18.0 Å². The van der Waals surface area contributed by atoms with Crippen molar-refractivity contribution in [2.45, 2.75) is 30.9 Å². The number of piperidine rings is 1. The number of rotatable bonds is 4. The summed E-state index contributed by atoms with van der Waals surface area (Å²) in [4.78, 5) is 29.0. The number of carbonyl (C=O) groups excluding carboxylic acids is 2. The van der Waals surface area contributed by atoms with E-state index in [1.165, 1.54) is 15.6 Å². The van der Waals surface area contributed by atoms with Crippen LogP contribution in [-0.2, 0) is 19.6 Å². The molecule has 2 fully saturated rings. The van der Waals surface area contributed by atoms with Crippen LogP contribution in [0.1, 0.15) is 24.6 Å². The van der Waals surface area contributed by atoms with Crippen LogP contribution in [-0.4, -0.2) is 80.4 Å². The maximum Gasteiger partial charge on any atom is 0.409 e. The number of piperazine rings is 1. The Kier molecular flexibility index (Phi) is 6.61. The molecule has 2 saturated heterocycles. The van der Waals surface area contributed by atoms with Crippen LogP contribution in [0.25, 0.3) is 0 Å². The first-order chi connectivity index (χ1) is 13.3. The van der Waals surface area contributed by atoms with Crippen molar-refractivity contribution >= 4 is 33.4 Å². The quantitative estimate of drug-likeness (QED) is 0.728. The first kappa shape index (κ1) is 21.1. The number of carbonyl (C=O) groups is 2. The fourth-order valence-electron chi connectivity index (χ4n) is 3.62. The van der Waals surface area contributed by atoms with E-state index >= 15 is 0 Å². The van der Waals surface area contributed by atoms with Crippen molar-refractivity contribution in [3.05, 3.63) is 17.0 Å². The predicted octanol–water partition coefficient (Wildman–Crippen LogP) is 1.76. The topological polar surface area (TPSA) is 87.2 Å². The van der Waals surface area contributed by atoms with Crippen molar-refractivity contribution in [3.63, 3.8) is 0 Å². The highest BCUT2D eigenvalue weighted by Crippen LogP contribution is 2.29. The lowest BCUT2D eigenvalue weighted by Gasteiger charge is -2.38. The van der Waals surface area contributed by atoms with E-state index < -0.39 is 10.0 Å². The van der Waals surface area contributed by atoms with Crippen LogP contribution in [0.3, 0.4) is 0 Å². The highest BCUT2D eigenvalue weighted by atomic mass is 32.2. The Balaban J connectivity index is 1.60. The number of nitrogens with zero attached hydrogens (tertiary/aromatic N) is 3. The van der Waals surface area contributed by atoms with Gasteiger partial charge in [-0.05, 0) is 38.8 Å². The first-order valence-electron chi connectivity index (χ1n) is 9.60. The Labute approximate surface area is 170 Å². The molecule has 0 N–H and O–H groups in total. The Morgan fingerprint density at radius 3 is 2.43 bits per heavy atom. The van der Waals surface area contributed by atoms with Gasteiger partial charge in [-0.25, -0.2) is 13.2 Å². The zero-order valence-corrected chi connectivity index (χ0v) is 17.9. The molecule has 2 amide bonds. The van der Waals surface area contributed by atoms with Gasteiger partial charge in [0.15, 0.2) is 0 Å². The Morgan fingerprint density at radius 1 is 1.14 bits per heavy atom. The molecule has 3 heterocycles. The fraction of sp³-hybridized carbons (Fsp3) is 0.667. The second kappa shape index (κ2) is 8.79. The maximum atomic E-state index is 12.9. The van der Waals surface area contributed by atoms with Crippen molar-refractivity contribution < 1.29 is 22.7 Å². The van der Waals surface area contributed by atoms with Crippen LogP contribution < -0.4 is 0 Å². The molecule has 28 heavy (non-hydrogen) atoms. The van der Waals surface area contributed by atoms with Gasteiger partial charge in [0.1, 0.15) is 4.21 Å². The molecule has 10 heteroatoms. The molecule has 0 saturated carbocycles. The van der Waals surface area contributed by atoms with Gasteiger partial charge in [0.25, 0.3) is 10.0 Å². The molecule has 3 rings (SSSR count). The summed E-state index contributed by atoms with van der Waals surface area (Å²) in [5, 5.41) is 0. The number of ether oxygens (including phenoxy) is 1. The van der Waals surface area contributed by atoms with Gasteiger partial charge < -0.3 is 14.5 Å². The van der Waals surface area contributed by atoms with Crippen LogP contribution in [0.4, 0.5) is 4.79 Å². The van der Waals surface area contributed by atoms with Crippen LogP contribution in [0.15, 0.2) is 16.3 Å². The van der Waals surface area contributed by atoms with E-state index in [0.29, 0.717) is 56.4 Å². The molecule has 1 aromatic rings. The third-order valence-electron chi connectivity index (χ3n) is 5.16. The van der Waals surface area contributed by atoms with Gasteiger partial charge in [-0.15, -0.1) is 11.3 Å². The van der Waals surface area contributed by atoms with Crippen molar-refractivity contribution in [1.82, 2.24) is 14.1 Å². The number of hydrogen-bond donors (Lipinski definition) is 0. The minimum Gasteiger partial charge on any atom is -0.450 e. The average molecular weight is 430 g/mol. The Bertz CT molecular complexity index is 815. The molecule has 0 aliphatic carbocycles. The monoisotopic (exact) mass is 429 g/mol. The maximum absolute atomic E-state index is 12.9.